The first-order valence-electron chi connectivity index (χ1n) is 9.25. The molecule has 136 valence electrons. The highest BCUT2D eigenvalue weighted by Crippen LogP contribution is 2.29. The van der Waals surface area contributed by atoms with Crippen molar-refractivity contribution in [1.29, 1.82) is 0 Å². The molecule has 0 atom stereocenters. The van der Waals surface area contributed by atoms with Crippen LogP contribution in [-0.4, -0.2) is 14.5 Å². The summed E-state index contributed by atoms with van der Waals surface area (Å²) in [6.07, 6.45) is 7.87. The van der Waals surface area contributed by atoms with Crippen LogP contribution in [0.3, 0.4) is 0 Å². The molecule has 0 aliphatic heterocycles. The molecule has 1 aliphatic carbocycles. The molecule has 1 aliphatic rings. The predicted molar refractivity (Wildman–Crippen MR) is 101 cm³/mol. The lowest BCUT2D eigenvalue weighted by atomic mass is 9.85. The van der Waals surface area contributed by atoms with Gasteiger partial charge in [0.05, 0.1) is 4.90 Å². The Labute approximate surface area is 148 Å². The summed E-state index contributed by atoms with van der Waals surface area (Å²) >= 11 is 0. The van der Waals surface area contributed by atoms with Crippen LogP contribution in [0.15, 0.2) is 17.0 Å². The van der Waals surface area contributed by atoms with Crippen LogP contribution in [-0.2, 0) is 15.4 Å². The van der Waals surface area contributed by atoms with Crippen molar-refractivity contribution < 1.29 is 8.42 Å². The maximum atomic E-state index is 13.0. The van der Waals surface area contributed by atoms with Crippen molar-refractivity contribution in [2.24, 2.45) is 0 Å². The van der Waals surface area contributed by atoms with Crippen molar-refractivity contribution in [3.8, 4) is 0 Å². The molecule has 1 N–H and O–H groups in total. The van der Waals surface area contributed by atoms with Gasteiger partial charge in [-0.05, 0) is 48.8 Å². The summed E-state index contributed by atoms with van der Waals surface area (Å²) in [6.45, 7) is 10.3. The van der Waals surface area contributed by atoms with Gasteiger partial charge in [-0.1, -0.05) is 65.0 Å². The summed E-state index contributed by atoms with van der Waals surface area (Å²) in [5.74, 6) is 0. The van der Waals surface area contributed by atoms with E-state index >= 15 is 0 Å². The van der Waals surface area contributed by atoms with Gasteiger partial charge in [-0.25, -0.2) is 13.1 Å². The number of benzene rings is 1. The van der Waals surface area contributed by atoms with Crippen molar-refractivity contribution in [3.05, 3.63) is 28.8 Å². The molecular formula is C20H33NO2S. The monoisotopic (exact) mass is 351 g/mol. The van der Waals surface area contributed by atoms with Crippen LogP contribution in [0.2, 0.25) is 0 Å². The molecule has 0 amide bonds. The number of rotatable bonds is 3. The minimum absolute atomic E-state index is 0.0186. The third-order valence-electron chi connectivity index (χ3n) is 5.02. The van der Waals surface area contributed by atoms with Crippen LogP contribution in [0.25, 0.3) is 0 Å². The summed E-state index contributed by atoms with van der Waals surface area (Å²) < 4.78 is 29.0. The fourth-order valence-electron chi connectivity index (χ4n) is 3.66. The van der Waals surface area contributed by atoms with E-state index in [1.165, 1.54) is 24.8 Å². The Morgan fingerprint density at radius 1 is 0.917 bits per heavy atom. The second-order valence-corrected chi connectivity index (χ2v) is 10.0. The van der Waals surface area contributed by atoms with E-state index in [0.717, 1.165) is 36.8 Å². The second-order valence-electron chi connectivity index (χ2n) is 8.35. The molecule has 1 fully saturated rings. The Morgan fingerprint density at radius 3 is 1.83 bits per heavy atom. The summed E-state index contributed by atoms with van der Waals surface area (Å²) in [5.41, 5.74) is 2.89. The summed E-state index contributed by atoms with van der Waals surface area (Å²) in [6, 6.07) is 4.13. The fraction of sp³-hybridized carbons (Fsp3) is 0.700. The SMILES string of the molecule is Cc1cc(C(C)(C)C)cc(C)c1S(=O)(=O)NC1CCCCCCC1. The largest absolute Gasteiger partial charge is 0.241 e. The molecule has 0 aromatic heterocycles. The van der Waals surface area contributed by atoms with Crippen molar-refractivity contribution >= 4 is 10.0 Å². The average molecular weight is 352 g/mol. The van der Waals surface area contributed by atoms with Crippen molar-refractivity contribution in [3.63, 3.8) is 0 Å². The molecule has 2 rings (SSSR count). The van der Waals surface area contributed by atoms with E-state index in [-0.39, 0.29) is 11.5 Å². The zero-order chi connectivity index (χ0) is 18.0. The van der Waals surface area contributed by atoms with E-state index < -0.39 is 10.0 Å². The fourth-order valence-corrected chi connectivity index (χ4v) is 5.42. The molecule has 3 nitrogen and oxygen atoms in total. The molecule has 24 heavy (non-hydrogen) atoms. The molecule has 1 aromatic carbocycles. The van der Waals surface area contributed by atoms with Crippen LogP contribution < -0.4 is 4.72 Å². The van der Waals surface area contributed by atoms with Gasteiger partial charge in [0.15, 0.2) is 0 Å². The lowest BCUT2D eigenvalue weighted by Crippen LogP contribution is -2.36. The first-order chi connectivity index (χ1) is 11.1. The molecule has 0 heterocycles. The van der Waals surface area contributed by atoms with Gasteiger partial charge in [-0.3, -0.25) is 0 Å². The smallest absolute Gasteiger partial charge is 0.208 e. The number of hydrogen-bond acceptors (Lipinski definition) is 2. The van der Waals surface area contributed by atoms with Crippen LogP contribution in [0, 0.1) is 13.8 Å². The normalized spacial score (nSPS) is 18.2. The quantitative estimate of drug-likeness (QED) is 0.833. The van der Waals surface area contributed by atoms with E-state index in [4.69, 9.17) is 0 Å². The Kier molecular flexibility index (Phi) is 6.14. The molecule has 0 spiro atoms. The topological polar surface area (TPSA) is 46.2 Å². The Balaban J connectivity index is 2.28. The van der Waals surface area contributed by atoms with Gasteiger partial charge in [-0.2, -0.15) is 0 Å². The maximum Gasteiger partial charge on any atom is 0.241 e. The Morgan fingerprint density at radius 2 is 1.38 bits per heavy atom. The first kappa shape index (κ1) is 19.5. The second kappa shape index (κ2) is 7.57. The van der Waals surface area contributed by atoms with E-state index in [0.29, 0.717) is 4.90 Å². The van der Waals surface area contributed by atoms with Gasteiger partial charge >= 0.3 is 0 Å². The van der Waals surface area contributed by atoms with E-state index in [1.54, 1.807) is 0 Å². The van der Waals surface area contributed by atoms with Crippen molar-refractivity contribution in [2.45, 2.75) is 95.9 Å². The minimum Gasteiger partial charge on any atom is -0.208 e. The highest BCUT2D eigenvalue weighted by molar-refractivity contribution is 7.89. The van der Waals surface area contributed by atoms with Crippen molar-refractivity contribution in [1.82, 2.24) is 4.72 Å². The highest BCUT2D eigenvalue weighted by Gasteiger charge is 2.26. The zero-order valence-corrected chi connectivity index (χ0v) is 16.7. The van der Waals surface area contributed by atoms with Crippen LogP contribution in [0.5, 0.6) is 0 Å². The molecule has 0 bridgehead atoms. The van der Waals surface area contributed by atoms with Gasteiger partial charge in [0.25, 0.3) is 0 Å². The zero-order valence-electron chi connectivity index (χ0n) is 15.9. The van der Waals surface area contributed by atoms with Crippen molar-refractivity contribution in [2.75, 3.05) is 0 Å². The first-order valence-corrected chi connectivity index (χ1v) is 10.7. The minimum atomic E-state index is -3.46. The van der Waals surface area contributed by atoms with Gasteiger partial charge in [0.2, 0.25) is 10.0 Å². The summed E-state index contributed by atoms with van der Waals surface area (Å²) in [5, 5.41) is 0. The summed E-state index contributed by atoms with van der Waals surface area (Å²) in [7, 11) is -3.46. The number of hydrogen-bond donors (Lipinski definition) is 1. The van der Waals surface area contributed by atoms with E-state index in [1.807, 2.05) is 26.0 Å². The van der Waals surface area contributed by atoms with Gasteiger partial charge < -0.3 is 0 Å². The molecular weight excluding hydrogens is 318 g/mol. The molecule has 0 unspecified atom stereocenters. The lowest BCUT2D eigenvalue weighted by molar-refractivity contribution is 0.426. The molecule has 4 heteroatoms. The number of aryl methyl sites for hydroxylation is 2. The third kappa shape index (κ3) is 4.82. The average Bonchev–Trinajstić information content (AvgIpc) is 2.39. The predicted octanol–water partition coefficient (Wildman–Crippen LogP) is 4.99. The molecule has 1 saturated carbocycles. The van der Waals surface area contributed by atoms with Crippen LogP contribution >= 0.6 is 0 Å². The van der Waals surface area contributed by atoms with Gasteiger partial charge in [0.1, 0.15) is 0 Å². The standard InChI is InChI=1S/C20H33NO2S/c1-15-13-17(20(3,4)5)14-16(2)19(15)24(22,23)21-18-11-9-7-6-8-10-12-18/h13-14,18,21H,6-12H2,1-5H3. The van der Waals surface area contributed by atoms with Crippen LogP contribution in [0.4, 0.5) is 0 Å². The number of nitrogens with one attached hydrogen (secondary N) is 1. The van der Waals surface area contributed by atoms with E-state index in [2.05, 4.69) is 25.5 Å². The Bertz CT molecular complexity index is 640. The Hall–Kier alpha value is -0.870. The lowest BCUT2D eigenvalue weighted by Gasteiger charge is -2.24. The maximum absolute atomic E-state index is 13.0. The number of sulfonamides is 1. The highest BCUT2D eigenvalue weighted by atomic mass is 32.2. The van der Waals surface area contributed by atoms with E-state index in [9.17, 15) is 8.42 Å². The molecule has 1 aromatic rings. The summed E-state index contributed by atoms with van der Waals surface area (Å²) in [4.78, 5) is 0.470. The van der Waals surface area contributed by atoms with Gasteiger partial charge in [0, 0.05) is 6.04 Å². The molecule has 0 radical (unpaired) electrons. The third-order valence-corrected chi connectivity index (χ3v) is 6.85. The molecule has 0 saturated heterocycles. The van der Waals surface area contributed by atoms with Gasteiger partial charge in [-0.15, -0.1) is 0 Å². The van der Waals surface area contributed by atoms with Crippen LogP contribution in [0.1, 0.15) is 82.4 Å².